The fraction of sp³-hybridized carbons (Fsp3) is 0.200. The Labute approximate surface area is 94.4 Å². The number of aromatic nitrogens is 2. The van der Waals surface area contributed by atoms with Gasteiger partial charge in [0.05, 0.1) is 28.3 Å². The van der Waals surface area contributed by atoms with Crippen LogP contribution in [0.1, 0.15) is 6.92 Å². The molecule has 1 aromatic carbocycles. The Bertz CT molecular complexity index is 551. The van der Waals surface area contributed by atoms with Gasteiger partial charge < -0.3 is 9.72 Å². The Hall–Kier alpha value is -1.36. The van der Waals surface area contributed by atoms with E-state index in [-0.39, 0.29) is 5.56 Å². The summed E-state index contributed by atoms with van der Waals surface area (Å²) in [5.74, 6) is 0.697. The van der Waals surface area contributed by atoms with Gasteiger partial charge in [-0.2, -0.15) is 0 Å². The van der Waals surface area contributed by atoms with Gasteiger partial charge in [-0.3, -0.25) is 4.79 Å². The highest BCUT2D eigenvalue weighted by Gasteiger charge is 2.06. The van der Waals surface area contributed by atoms with E-state index in [0.29, 0.717) is 23.3 Å². The largest absolute Gasteiger partial charge is 0.493 e. The van der Waals surface area contributed by atoms with Crippen molar-refractivity contribution in [1.29, 1.82) is 0 Å². The molecule has 2 rings (SSSR count). The third-order valence-electron chi connectivity index (χ3n) is 1.99. The Morgan fingerprint density at radius 3 is 3.07 bits per heavy atom. The second-order valence-corrected chi connectivity index (χ2v) is 3.82. The van der Waals surface area contributed by atoms with E-state index in [4.69, 9.17) is 4.74 Å². The first-order chi connectivity index (χ1) is 7.22. The molecule has 1 aromatic heterocycles. The van der Waals surface area contributed by atoms with E-state index >= 15 is 0 Å². The molecule has 78 valence electrons. The lowest BCUT2D eigenvalue weighted by Gasteiger charge is -2.06. The molecule has 0 saturated carbocycles. The average molecular weight is 269 g/mol. The van der Waals surface area contributed by atoms with Crippen LogP contribution in [0.5, 0.6) is 5.75 Å². The number of nitrogens with zero attached hydrogens (tertiary/aromatic N) is 1. The van der Waals surface area contributed by atoms with Gasteiger partial charge >= 0.3 is 0 Å². The molecule has 1 N–H and O–H groups in total. The lowest BCUT2D eigenvalue weighted by atomic mass is 10.2. The maximum atomic E-state index is 11.4. The maximum Gasteiger partial charge on any atom is 0.258 e. The highest BCUT2D eigenvalue weighted by Crippen LogP contribution is 2.27. The second-order valence-electron chi connectivity index (χ2n) is 2.96. The normalized spacial score (nSPS) is 10.5. The number of hydrogen-bond donors (Lipinski definition) is 1. The van der Waals surface area contributed by atoms with Crippen molar-refractivity contribution in [1.82, 2.24) is 9.97 Å². The van der Waals surface area contributed by atoms with Crippen molar-refractivity contribution in [2.45, 2.75) is 6.92 Å². The van der Waals surface area contributed by atoms with Gasteiger partial charge in [0.1, 0.15) is 5.75 Å². The molecule has 0 atom stereocenters. The number of ether oxygens (including phenoxy) is 1. The zero-order valence-corrected chi connectivity index (χ0v) is 9.67. The molecule has 0 aliphatic carbocycles. The Morgan fingerprint density at radius 2 is 2.33 bits per heavy atom. The minimum absolute atomic E-state index is 0.149. The zero-order chi connectivity index (χ0) is 10.8. The summed E-state index contributed by atoms with van der Waals surface area (Å²) < 4.78 is 6.15. The summed E-state index contributed by atoms with van der Waals surface area (Å²) in [5.41, 5.74) is 0.481. The average Bonchev–Trinajstić information content (AvgIpc) is 2.21. The Morgan fingerprint density at radius 1 is 1.53 bits per heavy atom. The standard InChI is InChI=1S/C10H9BrN2O2/c1-2-15-9-4-8-6(3-7(9)11)10(14)13-5-12-8/h3-5H,2H2,1H3,(H,12,13,14). The number of rotatable bonds is 2. The molecule has 0 amide bonds. The van der Waals surface area contributed by atoms with Crippen LogP contribution in [0.25, 0.3) is 10.9 Å². The van der Waals surface area contributed by atoms with E-state index in [0.717, 1.165) is 4.47 Å². The molecule has 0 aliphatic heterocycles. The van der Waals surface area contributed by atoms with Crippen molar-refractivity contribution in [3.05, 3.63) is 33.3 Å². The second kappa shape index (κ2) is 4.02. The molecular formula is C10H9BrN2O2. The fourth-order valence-electron chi connectivity index (χ4n) is 1.34. The van der Waals surface area contributed by atoms with Gasteiger partial charge in [0.25, 0.3) is 5.56 Å². The Balaban J connectivity index is 2.71. The predicted molar refractivity (Wildman–Crippen MR) is 61.2 cm³/mol. The number of halogens is 1. The third kappa shape index (κ3) is 1.87. The minimum Gasteiger partial charge on any atom is -0.493 e. The van der Waals surface area contributed by atoms with Crippen LogP contribution in [0.3, 0.4) is 0 Å². The van der Waals surface area contributed by atoms with Gasteiger partial charge in [-0.15, -0.1) is 0 Å². The highest BCUT2D eigenvalue weighted by atomic mass is 79.9. The van der Waals surface area contributed by atoms with Crippen molar-refractivity contribution in [2.75, 3.05) is 6.61 Å². The van der Waals surface area contributed by atoms with E-state index in [9.17, 15) is 4.79 Å². The van der Waals surface area contributed by atoms with Crippen LogP contribution in [-0.2, 0) is 0 Å². The number of fused-ring (bicyclic) bond motifs is 1. The number of H-pyrrole nitrogens is 1. The molecule has 2 aromatic rings. The van der Waals surface area contributed by atoms with Crippen molar-refractivity contribution < 1.29 is 4.74 Å². The summed E-state index contributed by atoms with van der Waals surface area (Å²) in [5, 5.41) is 0.549. The molecule has 1 heterocycles. The molecule has 15 heavy (non-hydrogen) atoms. The van der Waals surface area contributed by atoms with Gasteiger partial charge in [0, 0.05) is 6.07 Å². The highest BCUT2D eigenvalue weighted by molar-refractivity contribution is 9.10. The lowest BCUT2D eigenvalue weighted by molar-refractivity contribution is 0.338. The first kappa shape index (κ1) is 10.2. The molecule has 4 nitrogen and oxygen atoms in total. The molecule has 0 fully saturated rings. The SMILES string of the molecule is CCOc1cc2nc[nH]c(=O)c2cc1Br. The molecule has 0 spiro atoms. The number of hydrogen-bond acceptors (Lipinski definition) is 3. The lowest BCUT2D eigenvalue weighted by Crippen LogP contribution is -2.06. The summed E-state index contributed by atoms with van der Waals surface area (Å²) in [6.07, 6.45) is 1.38. The van der Waals surface area contributed by atoms with E-state index in [1.54, 1.807) is 12.1 Å². The fourth-order valence-corrected chi connectivity index (χ4v) is 1.79. The van der Waals surface area contributed by atoms with Gasteiger partial charge in [0.15, 0.2) is 0 Å². The molecule has 5 heteroatoms. The van der Waals surface area contributed by atoms with Crippen LogP contribution >= 0.6 is 15.9 Å². The quantitative estimate of drug-likeness (QED) is 0.908. The molecule has 0 aliphatic rings. The summed E-state index contributed by atoms with van der Waals surface area (Å²) in [4.78, 5) is 18.0. The first-order valence-electron chi connectivity index (χ1n) is 4.52. The van der Waals surface area contributed by atoms with E-state index < -0.39 is 0 Å². The van der Waals surface area contributed by atoms with Crippen LogP contribution in [-0.4, -0.2) is 16.6 Å². The summed E-state index contributed by atoms with van der Waals surface area (Å²) in [7, 11) is 0. The minimum atomic E-state index is -0.149. The molecule has 0 unspecified atom stereocenters. The summed E-state index contributed by atoms with van der Waals surface area (Å²) in [6.45, 7) is 2.48. The van der Waals surface area contributed by atoms with Crippen LogP contribution in [0.15, 0.2) is 27.7 Å². The zero-order valence-electron chi connectivity index (χ0n) is 8.08. The molecular weight excluding hydrogens is 260 g/mol. The maximum absolute atomic E-state index is 11.4. The van der Waals surface area contributed by atoms with E-state index in [1.165, 1.54) is 6.33 Å². The van der Waals surface area contributed by atoms with Crippen molar-refractivity contribution in [2.24, 2.45) is 0 Å². The number of aromatic amines is 1. The molecule has 0 saturated heterocycles. The van der Waals surface area contributed by atoms with Crippen molar-refractivity contribution in [3.8, 4) is 5.75 Å². The molecule has 0 radical (unpaired) electrons. The third-order valence-corrected chi connectivity index (χ3v) is 2.61. The van der Waals surface area contributed by atoms with E-state index in [2.05, 4.69) is 25.9 Å². The number of nitrogens with one attached hydrogen (secondary N) is 1. The van der Waals surface area contributed by atoms with Crippen molar-refractivity contribution >= 4 is 26.8 Å². The topological polar surface area (TPSA) is 55.0 Å². The smallest absolute Gasteiger partial charge is 0.258 e. The predicted octanol–water partition coefficient (Wildman–Crippen LogP) is 2.08. The van der Waals surface area contributed by atoms with Crippen LogP contribution < -0.4 is 10.3 Å². The van der Waals surface area contributed by atoms with Crippen LogP contribution in [0, 0.1) is 0 Å². The van der Waals surface area contributed by atoms with E-state index in [1.807, 2.05) is 6.92 Å². The monoisotopic (exact) mass is 268 g/mol. The van der Waals surface area contributed by atoms with Crippen molar-refractivity contribution in [3.63, 3.8) is 0 Å². The summed E-state index contributed by atoms with van der Waals surface area (Å²) >= 11 is 3.35. The van der Waals surface area contributed by atoms with Gasteiger partial charge in [-0.25, -0.2) is 4.98 Å². The van der Waals surface area contributed by atoms with Gasteiger partial charge in [-0.1, -0.05) is 0 Å². The van der Waals surface area contributed by atoms with Gasteiger partial charge in [0.2, 0.25) is 0 Å². The Kier molecular flexibility index (Phi) is 2.73. The van der Waals surface area contributed by atoms with Crippen LogP contribution in [0.4, 0.5) is 0 Å². The van der Waals surface area contributed by atoms with Crippen LogP contribution in [0.2, 0.25) is 0 Å². The summed E-state index contributed by atoms with van der Waals surface area (Å²) in [6, 6.07) is 3.46. The first-order valence-corrected chi connectivity index (χ1v) is 5.31. The molecule has 0 bridgehead atoms. The van der Waals surface area contributed by atoms with Gasteiger partial charge in [-0.05, 0) is 28.9 Å². The number of benzene rings is 1.